The molecule has 16 heavy (non-hydrogen) atoms. The van der Waals surface area contributed by atoms with Crippen molar-refractivity contribution < 1.29 is 17.9 Å². The first kappa shape index (κ1) is 12.5. The van der Waals surface area contributed by atoms with Crippen LogP contribution < -0.4 is 9.46 Å². The molecule has 0 aliphatic heterocycles. The molecule has 0 heterocycles. The molecule has 0 atom stereocenters. The highest BCUT2D eigenvalue weighted by atomic mass is 32.2. The fraction of sp³-hybridized carbons (Fsp3) is 0.300. The molecule has 1 N–H and O–H groups in total. The summed E-state index contributed by atoms with van der Waals surface area (Å²) in [7, 11) is -1.95. The summed E-state index contributed by atoms with van der Waals surface area (Å²) >= 11 is 0. The summed E-state index contributed by atoms with van der Waals surface area (Å²) in [6.07, 6.45) is 1.05. The molecule has 1 rings (SSSR count). The lowest BCUT2D eigenvalue weighted by Crippen LogP contribution is -2.10. The van der Waals surface area contributed by atoms with Gasteiger partial charge in [-0.2, -0.15) is 0 Å². The number of rotatable bonds is 4. The predicted octanol–water partition coefficient (Wildman–Crippen LogP) is 1.27. The molecule has 88 valence electrons. The van der Waals surface area contributed by atoms with Crippen molar-refractivity contribution in [1.29, 1.82) is 0 Å². The number of hydrogen-bond acceptors (Lipinski definition) is 4. The van der Waals surface area contributed by atoms with Gasteiger partial charge in [-0.1, -0.05) is 0 Å². The highest BCUT2D eigenvalue weighted by molar-refractivity contribution is 7.92. The predicted molar refractivity (Wildman–Crippen MR) is 61.5 cm³/mol. The highest BCUT2D eigenvalue weighted by Gasteiger charge is 2.10. The van der Waals surface area contributed by atoms with Gasteiger partial charge in [-0.05, 0) is 25.1 Å². The quantitative estimate of drug-likeness (QED) is 0.808. The van der Waals surface area contributed by atoms with E-state index in [4.69, 9.17) is 4.74 Å². The second kappa shape index (κ2) is 4.52. The number of hydrogen-bond donors (Lipinski definition) is 1. The summed E-state index contributed by atoms with van der Waals surface area (Å²) in [5, 5.41) is 0. The monoisotopic (exact) mass is 243 g/mol. The maximum atomic E-state index is 11.1. The van der Waals surface area contributed by atoms with Gasteiger partial charge in [0.15, 0.2) is 5.78 Å². The summed E-state index contributed by atoms with van der Waals surface area (Å²) in [4.78, 5) is 11.1. The number of ether oxygens (including phenoxy) is 1. The maximum absolute atomic E-state index is 11.1. The van der Waals surface area contributed by atoms with Gasteiger partial charge in [0.2, 0.25) is 10.0 Å². The van der Waals surface area contributed by atoms with Gasteiger partial charge >= 0.3 is 0 Å². The molecule has 0 fully saturated rings. The zero-order valence-corrected chi connectivity index (χ0v) is 10.1. The zero-order valence-electron chi connectivity index (χ0n) is 9.27. The van der Waals surface area contributed by atoms with E-state index in [1.54, 1.807) is 6.07 Å². The first-order valence-corrected chi connectivity index (χ1v) is 6.39. The maximum Gasteiger partial charge on any atom is 0.229 e. The number of ketones is 1. The summed E-state index contributed by atoms with van der Waals surface area (Å²) in [6.45, 7) is 1.43. The molecule has 0 bridgehead atoms. The van der Waals surface area contributed by atoms with Crippen LogP contribution in [-0.4, -0.2) is 27.6 Å². The molecule has 1 aromatic carbocycles. The van der Waals surface area contributed by atoms with E-state index in [1.807, 2.05) is 0 Å². The van der Waals surface area contributed by atoms with Crippen molar-refractivity contribution in [1.82, 2.24) is 0 Å². The fourth-order valence-corrected chi connectivity index (χ4v) is 1.76. The number of sulfonamides is 1. The number of anilines is 1. The van der Waals surface area contributed by atoms with Crippen LogP contribution in [0, 0.1) is 0 Å². The molecule has 0 spiro atoms. The Morgan fingerprint density at radius 3 is 2.44 bits per heavy atom. The summed E-state index contributed by atoms with van der Waals surface area (Å²) in [5.74, 6) is 0.210. The lowest BCUT2D eigenvalue weighted by atomic mass is 10.1. The van der Waals surface area contributed by atoms with Crippen LogP contribution in [-0.2, 0) is 10.0 Å². The number of benzene rings is 1. The largest absolute Gasteiger partial charge is 0.495 e. The smallest absolute Gasteiger partial charge is 0.229 e. The van der Waals surface area contributed by atoms with Crippen LogP contribution in [0.2, 0.25) is 0 Å². The molecule has 0 aliphatic rings. The van der Waals surface area contributed by atoms with E-state index in [1.165, 1.54) is 26.2 Å². The number of nitrogens with one attached hydrogen (secondary N) is 1. The lowest BCUT2D eigenvalue weighted by Gasteiger charge is -2.10. The molecular weight excluding hydrogens is 230 g/mol. The van der Waals surface area contributed by atoms with Crippen molar-refractivity contribution in [3.05, 3.63) is 23.8 Å². The Morgan fingerprint density at radius 1 is 1.38 bits per heavy atom. The third-order valence-corrected chi connectivity index (χ3v) is 2.49. The molecule has 0 unspecified atom stereocenters. The van der Waals surface area contributed by atoms with Gasteiger partial charge in [0, 0.05) is 5.56 Å². The normalized spacial score (nSPS) is 10.9. The van der Waals surface area contributed by atoms with Gasteiger partial charge in [-0.15, -0.1) is 0 Å². The van der Waals surface area contributed by atoms with E-state index in [0.29, 0.717) is 17.0 Å². The Morgan fingerprint density at radius 2 is 2.00 bits per heavy atom. The Kier molecular flexibility index (Phi) is 3.54. The molecule has 6 heteroatoms. The average molecular weight is 243 g/mol. The number of carbonyl (C=O) groups excluding carboxylic acids is 1. The minimum Gasteiger partial charge on any atom is -0.495 e. The highest BCUT2D eigenvalue weighted by Crippen LogP contribution is 2.26. The molecule has 0 radical (unpaired) electrons. The molecule has 0 saturated carbocycles. The van der Waals surface area contributed by atoms with E-state index >= 15 is 0 Å². The molecule has 0 aliphatic carbocycles. The number of Topliss-reactive ketones (excluding diaryl/α,β-unsaturated/α-hetero) is 1. The van der Waals surface area contributed by atoms with Gasteiger partial charge in [-0.25, -0.2) is 8.42 Å². The number of methoxy groups -OCH3 is 1. The van der Waals surface area contributed by atoms with Gasteiger partial charge in [0.05, 0.1) is 19.1 Å². The van der Waals surface area contributed by atoms with Crippen LogP contribution in [0.1, 0.15) is 17.3 Å². The fourth-order valence-electron chi connectivity index (χ4n) is 1.19. The van der Waals surface area contributed by atoms with Crippen LogP contribution in [0.15, 0.2) is 18.2 Å². The first-order valence-electron chi connectivity index (χ1n) is 4.50. The third kappa shape index (κ3) is 3.23. The summed E-state index contributed by atoms with van der Waals surface area (Å²) in [5.41, 5.74) is 0.783. The Bertz CT molecular complexity index is 508. The van der Waals surface area contributed by atoms with E-state index in [-0.39, 0.29) is 5.78 Å². The summed E-state index contributed by atoms with van der Waals surface area (Å²) in [6, 6.07) is 4.53. The van der Waals surface area contributed by atoms with Crippen molar-refractivity contribution in [3.63, 3.8) is 0 Å². The van der Waals surface area contributed by atoms with E-state index in [2.05, 4.69) is 4.72 Å². The standard InChI is InChI=1S/C10H13NO4S/c1-7(12)8-4-5-9(10(6-8)15-2)11-16(3,13)14/h4-6,11H,1-3H3. The topological polar surface area (TPSA) is 72.5 Å². The second-order valence-electron chi connectivity index (χ2n) is 3.35. The zero-order chi connectivity index (χ0) is 12.3. The Labute approximate surface area is 94.5 Å². The molecule has 0 aromatic heterocycles. The molecule has 0 amide bonds. The minimum absolute atomic E-state index is 0.107. The molecular formula is C10H13NO4S. The van der Waals surface area contributed by atoms with Crippen molar-refractivity contribution in [2.24, 2.45) is 0 Å². The van der Waals surface area contributed by atoms with Gasteiger partial charge in [0.1, 0.15) is 5.75 Å². The Balaban J connectivity index is 3.17. The minimum atomic E-state index is -3.36. The van der Waals surface area contributed by atoms with Crippen LogP contribution in [0.25, 0.3) is 0 Å². The lowest BCUT2D eigenvalue weighted by molar-refractivity contribution is 0.101. The van der Waals surface area contributed by atoms with E-state index in [0.717, 1.165) is 6.26 Å². The SMILES string of the molecule is COc1cc(C(C)=O)ccc1NS(C)(=O)=O. The van der Waals surface area contributed by atoms with E-state index in [9.17, 15) is 13.2 Å². The third-order valence-electron chi connectivity index (χ3n) is 1.90. The molecule has 5 nitrogen and oxygen atoms in total. The van der Waals surface area contributed by atoms with E-state index < -0.39 is 10.0 Å². The van der Waals surface area contributed by atoms with Crippen molar-refractivity contribution >= 4 is 21.5 Å². The molecule has 1 aromatic rings. The van der Waals surface area contributed by atoms with Crippen molar-refractivity contribution in [2.45, 2.75) is 6.92 Å². The Hall–Kier alpha value is -1.56. The van der Waals surface area contributed by atoms with Gasteiger partial charge in [-0.3, -0.25) is 9.52 Å². The van der Waals surface area contributed by atoms with Crippen molar-refractivity contribution in [3.8, 4) is 5.75 Å². The summed E-state index contributed by atoms with van der Waals surface area (Å²) < 4.78 is 29.4. The van der Waals surface area contributed by atoms with Crippen LogP contribution >= 0.6 is 0 Å². The molecule has 0 saturated heterocycles. The van der Waals surface area contributed by atoms with Crippen molar-refractivity contribution in [2.75, 3.05) is 18.1 Å². The number of carbonyl (C=O) groups is 1. The first-order chi connectivity index (χ1) is 7.33. The van der Waals surface area contributed by atoms with Gasteiger partial charge < -0.3 is 4.74 Å². The second-order valence-corrected chi connectivity index (χ2v) is 5.09. The average Bonchev–Trinajstić information content (AvgIpc) is 2.15. The van der Waals surface area contributed by atoms with Crippen LogP contribution in [0.3, 0.4) is 0 Å². The van der Waals surface area contributed by atoms with Crippen LogP contribution in [0.4, 0.5) is 5.69 Å². The van der Waals surface area contributed by atoms with Gasteiger partial charge in [0.25, 0.3) is 0 Å². The van der Waals surface area contributed by atoms with Crippen LogP contribution in [0.5, 0.6) is 5.75 Å².